The van der Waals surface area contributed by atoms with E-state index in [0.29, 0.717) is 5.56 Å². The van der Waals surface area contributed by atoms with Crippen molar-refractivity contribution in [2.75, 3.05) is 23.1 Å². The molecule has 2 amide bonds. The zero-order valence-electron chi connectivity index (χ0n) is 15.6. The van der Waals surface area contributed by atoms with Gasteiger partial charge in [-0.2, -0.15) is 8.42 Å². The summed E-state index contributed by atoms with van der Waals surface area (Å²) in [5, 5.41) is 5.00. The number of anilines is 1. The molecule has 0 fully saturated rings. The van der Waals surface area contributed by atoms with E-state index < -0.39 is 21.5 Å². The van der Waals surface area contributed by atoms with E-state index in [1.807, 2.05) is 0 Å². The van der Waals surface area contributed by atoms with Crippen LogP contribution in [-0.2, 0) is 26.0 Å². The molecule has 1 aromatic heterocycles. The summed E-state index contributed by atoms with van der Waals surface area (Å²) >= 11 is 3.01. The number of pyridine rings is 1. The summed E-state index contributed by atoms with van der Waals surface area (Å²) in [6.07, 6.45) is -1.94. The molecule has 1 aromatic carbocycles. The fourth-order valence-corrected chi connectivity index (χ4v) is 3.51. The van der Waals surface area contributed by atoms with E-state index in [2.05, 4.69) is 36.3 Å². The molecule has 3 N–H and O–H groups in total. The minimum absolute atomic E-state index is 0.00327. The average molecular weight is 505 g/mol. The third-order valence-electron chi connectivity index (χ3n) is 3.72. The van der Waals surface area contributed by atoms with Crippen molar-refractivity contribution >= 4 is 43.5 Å². The predicted molar refractivity (Wildman–Crippen MR) is 110 cm³/mol. The lowest BCUT2D eigenvalue weighted by molar-refractivity contribution is -0.121. The quantitative estimate of drug-likeness (QED) is 0.337. The van der Waals surface area contributed by atoms with E-state index in [-0.39, 0.29) is 47.9 Å². The maximum Gasteiger partial charge on any atom is 0.279 e. The Hall–Kier alpha value is -2.60. The molecule has 162 valence electrons. The first-order chi connectivity index (χ1) is 14.2. The van der Waals surface area contributed by atoms with Crippen LogP contribution in [0.25, 0.3) is 0 Å². The molecule has 0 radical (unpaired) electrons. The standard InChI is InChI=1S/C18H19BrF2N4O4S/c19-10-16(27)23-7-6-22-15(26)9-12-2-1-3-14(8-12)25-30(28,29)17-5-4-13(11-24-17)18(20)21/h1-5,8,11,18,25H,6-7,9-10H2,(H,22,26)(H,23,27). The summed E-state index contributed by atoms with van der Waals surface area (Å²) in [6.45, 7) is 0.539. The summed E-state index contributed by atoms with van der Waals surface area (Å²) < 4.78 is 52.3. The SMILES string of the molecule is O=C(CBr)NCCNC(=O)Cc1cccc(NS(=O)(=O)c2ccc(C(F)F)cn2)c1. The van der Waals surface area contributed by atoms with E-state index in [1.54, 1.807) is 12.1 Å². The maximum absolute atomic E-state index is 12.6. The fourth-order valence-electron chi connectivity index (χ4n) is 2.33. The van der Waals surface area contributed by atoms with Crippen molar-refractivity contribution in [3.63, 3.8) is 0 Å². The van der Waals surface area contributed by atoms with Crippen molar-refractivity contribution in [2.45, 2.75) is 17.9 Å². The van der Waals surface area contributed by atoms with Crippen molar-refractivity contribution < 1.29 is 26.8 Å². The van der Waals surface area contributed by atoms with Gasteiger partial charge in [0.2, 0.25) is 11.8 Å². The van der Waals surface area contributed by atoms with Gasteiger partial charge in [0.05, 0.1) is 11.8 Å². The number of aromatic nitrogens is 1. The minimum atomic E-state index is -4.08. The second-order valence-electron chi connectivity index (χ2n) is 6.05. The number of nitrogens with one attached hydrogen (secondary N) is 3. The first-order valence-corrected chi connectivity index (χ1v) is 11.3. The number of rotatable bonds is 10. The van der Waals surface area contributed by atoms with E-state index in [1.165, 1.54) is 12.1 Å². The van der Waals surface area contributed by atoms with Crippen LogP contribution in [0.1, 0.15) is 17.6 Å². The Kier molecular flexibility index (Phi) is 8.66. The van der Waals surface area contributed by atoms with Gasteiger partial charge in [-0.1, -0.05) is 28.1 Å². The summed E-state index contributed by atoms with van der Waals surface area (Å²) in [5.74, 6) is -0.491. The van der Waals surface area contributed by atoms with Gasteiger partial charge in [-0.15, -0.1) is 0 Å². The van der Waals surface area contributed by atoms with Crippen molar-refractivity contribution in [2.24, 2.45) is 0 Å². The van der Waals surface area contributed by atoms with E-state index >= 15 is 0 Å². The number of hydrogen-bond donors (Lipinski definition) is 3. The van der Waals surface area contributed by atoms with E-state index in [0.717, 1.165) is 18.3 Å². The average Bonchev–Trinajstić information content (AvgIpc) is 2.71. The molecule has 0 spiro atoms. The van der Waals surface area contributed by atoms with Crippen molar-refractivity contribution in [1.82, 2.24) is 15.6 Å². The molecule has 12 heteroatoms. The van der Waals surface area contributed by atoms with Crippen molar-refractivity contribution in [3.05, 3.63) is 53.7 Å². The number of hydrogen-bond acceptors (Lipinski definition) is 5. The third-order valence-corrected chi connectivity index (χ3v) is 5.53. The number of carbonyl (C=O) groups excluding carboxylic acids is 2. The monoisotopic (exact) mass is 504 g/mol. The molecule has 0 aliphatic heterocycles. The Balaban J connectivity index is 1.96. The number of amides is 2. The second-order valence-corrected chi connectivity index (χ2v) is 8.24. The van der Waals surface area contributed by atoms with E-state index in [9.17, 15) is 26.8 Å². The summed E-state index contributed by atoms with van der Waals surface area (Å²) in [7, 11) is -4.08. The zero-order valence-corrected chi connectivity index (χ0v) is 18.0. The predicted octanol–water partition coefficient (Wildman–Crippen LogP) is 1.99. The van der Waals surface area contributed by atoms with Gasteiger partial charge in [-0.05, 0) is 29.8 Å². The Morgan fingerprint density at radius 1 is 1.07 bits per heavy atom. The molecule has 30 heavy (non-hydrogen) atoms. The van der Waals surface area contributed by atoms with Crippen LogP contribution in [0.3, 0.4) is 0 Å². The largest absolute Gasteiger partial charge is 0.354 e. The lowest BCUT2D eigenvalue weighted by atomic mass is 10.1. The van der Waals surface area contributed by atoms with Gasteiger partial charge in [-0.25, -0.2) is 13.8 Å². The fraction of sp³-hybridized carbons (Fsp3) is 0.278. The highest BCUT2D eigenvalue weighted by Crippen LogP contribution is 2.20. The lowest BCUT2D eigenvalue weighted by Crippen LogP contribution is -2.35. The molecular formula is C18H19BrF2N4O4S. The van der Waals surface area contributed by atoms with Crippen LogP contribution in [0.2, 0.25) is 0 Å². The summed E-state index contributed by atoms with van der Waals surface area (Å²) in [6, 6.07) is 8.19. The zero-order chi connectivity index (χ0) is 22.1. The molecule has 1 heterocycles. The van der Waals surface area contributed by atoms with E-state index in [4.69, 9.17) is 0 Å². The minimum Gasteiger partial charge on any atom is -0.354 e. The van der Waals surface area contributed by atoms with Crippen molar-refractivity contribution in [1.29, 1.82) is 0 Å². The molecular weight excluding hydrogens is 486 g/mol. The summed E-state index contributed by atoms with van der Waals surface area (Å²) in [5.41, 5.74) is 0.372. The van der Waals surface area contributed by atoms with Crippen LogP contribution < -0.4 is 15.4 Å². The molecule has 8 nitrogen and oxygen atoms in total. The molecule has 0 unspecified atom stereocenters. The Bertz CT molecular complexity index is 988. The highest BCUT2D eigenvalue weighted by atomic mass is 79.9. The van der Waals surface area contributed by atoms with Gasteiger partial charge in [0.15, 0.2) is 5.03 Å². The first kappa shape index (κ1) is 23.7. The van der Waals surface area contributed by atoms with Gasteiger partial charge in [0.25, 0.3) is 16.4 Å². The number of carbonyl (C=O) groups is 2. The maximum atomic E-state index is 12.6. The molecule has 0 aliphatic carbocycles. The van der Waals surface area contributed by atoms with Gasteiger partial charge >= 0.3 is 0 Å². The normalized spacial score (nSPS) is 11.2. The number of benzene rings is 1. The molecule has 0 saturated heterocycles. The topological polar surface area (TPSA) is 117 Å². The van der Waals surface area contributed by atoms with Crippen LogP contribution >= 0.6 is 15.9 Å². The highest BCUT2D eigenvalue weighted by Gasteiger charge is 2.17. The number of nitrogens with zero attached hydrogens (tertiary/aromatic N) is 1. The van der Waals surface area contributed by atoms with Gasteiger partial charge in [-0.3, -0.25) is 14.3 Å². The molecule has 0 aliphatic rings. The first-order valence-electron chi connectivity index (χ1n) is 8.66. The molecule has 0 saturated carbocycles. The van der Waals surface area contributed by atoms with Gasteiger partial charge < -0.3 is 10.6 Å². The van der Waals surface area contributed by atoms with Gasteiger partial charge in [0.1, 0.15) is 0 Å². The number of alkyl halides is 3. The van der Waals surface area contributed by atoms with Crippen LogP contribution in [0.15, 0.2) is 47.6 Å². The summed E-state index contributed by atoms with van der Waals surface area (Å²) in [4.78, 5) is 26.6. The molecule has 0 bridgehead atoms. The lowest BCUT2D eigenvalue weighted by Gasteiger charge is -2.10. The molecule has 2 aromatic rings. The van der Waals surface area contributed by atoms with Crippen LogP contribution in [0.4, 0.5) is 14.5 Å². The second kappa shape index (κ2) is 11.0. The smallest absolute Gasteiger partial charge is 0.279 e. The Morgan fingerprint density at radius 2 is 1.77 bits per heavy atom. The van der Waals surface area contributed by atoms with Crippen LogP contribution in [0.5, 0.6) is 0 Å². The Morgan fingerprint density at radius 3 is 2.37 bits per heavy atom. The van der Waals surface area contributed by atoms with Crippen LogP contribution in [0, 0.1) is 0 Å². The van der Waals surface area contributed by atoms with Crippen LogP contribution in [-0.4, -0.2) is 43.6 Å². The molecule has 0 atom stereocenters. The molecule has 2 rings (SSSR count). The van der Waals surface area contributed by atoms with Crippen molar-refractivity contribution in [3.8, 4) is 0 Å². The highest BCUT2D eigenvalue weighted by molar-refractivity contribution is 9.09. The van der Waals surface area contributed by atoms with Gasteiger partial charge in [0, 0.05) is 30.5 Å². The Labute approximate surface area is 180 Å². The number of halogens is 3. The third kappa shape index (κ3) is 7.34. The number of sulfonamides is 1.